The third kappa shape index (κ3) is 2.83. The molecule has 1 aromatic heterocycles. The zero-order valence-electron chi connectivity index (χ0n) is 9.69. The van der Waals surface area contributed by atoms with Crippen LogP contribution in [-0.2, 0) is 5.88 Å². The summed E-state index contributed by atoms with van der Waals surface area (Å²) in [5.41, 5.74) is 0.956. The molecule has 0 bridgehead atoms. The Hall–Kier alpha value is -0.410. The van der Waals surface area contributed by atoms with Crippen molar-refractivity contribution in [2.75, 3.05) is 18.0 Å². The minimum atomic E-state index is 0.488. The van der Waals surface area contributed by atoms with Crippen molar-refractivity contribution < 1.29 is 0 Å². The maximum Gasteiger partial charge on any atom is 0.128 e. The van der Waals surface area contributed by atoms with E-state index in [4.69, 9.17) is 11.6 Å². The molecule has 0 radical (unpaired) electrons. The van der Waals surface area contributed by atoms with Gasteiger partial charge in [-0.1, -0.05) is 19.9 Å². The van der Waals surface area contributed by atoms with Crippen LogP contribution in [0.4, 0.5) is 5.82 Å². The van der Waals surface area contributed by atoms with Crippen molar-refractivity contribution in [2.24, 2.45) is 0 Å². The molecule has 0 N–H and O–H groups in total. The Morgan fingerprint density at radius 1 is 1.38 bits per heavy atom. The molecule has 4 heteroatoms. The summed E-state index contributed by atoms with van der Waals surface area (Å²) in [4.78, 5) is 6.93. The summed E-state index contributed by atoms with van der Waals surface area (Å²) in [5, 5.41) is 1.34. The van der Waals surface area contributed by atoms with Gasteiger partial charge in [0.2, 0.25) is 0 Å². The van der Waals surface area contributed by atoms with E-state index < -0.39 is 0 Å². The van der Waals surface area contributed by atoms with Crippen LogP contribution >= 0.6 is 23.4 Å². The van der Waals surface area contributed by atoms with Crippen LogP contribution in [-0.4, -0.2) is 28.6 Å². The first-order valence-corrected chi connectivity index (χ1v) is 7.09. The molecule has 0 aliphatic carbocycles. The van der Waals surface area contributed by atoms with Gasteiger partial charge in [-0.15, -0.1) is 11.6 Å². The van der Waals surface area contributed by atoms with E-state index in [9.17, 15) is 0 Å². The molecule has 1 fully saturated rings. The van der Waals surface area contributed by atoms with E-state index in [1.165, 1.54) is 0 Å². The third-order valence-corrected chi connectivity index (χ3v) is 4.17. The Morgan fingerprint density at radius 2 is 2.06 bits per heavy atom. The van der Waals surface area contributed by atoms with Crippen molar-refractivity contribution in [3.05, 3.63) is 23.9 Å². The van der Waals surface area contributed by atoms with Crippen LogP contribution in [0.1, 0.15) is 19.5 Å². The molecule has 2 atom stereocenters. The number of aromatic nitrogens is 1. The van der Waals surface area contributed by atoms with Gasteiger partial charge in [-0.05, 0) is 12.1 Å². The van der Waals surface area contributed by atoms with E-state index in [-0.39, 0.29) is 0 Å². The lowest BCUT2D eigenvalue weighted by Gasteiger charge is -2.35. The smallest absolute Gasteiger partial charge is 0.128 e. The van der Waals surface area contributed by atoms with Gasteiger partial charge in [0.15, 0.2) is 0 Å². The van der Waals surface area contributed by atoms with Crippen molar-refractivity contribution in [2.45, 2.75) is 30.2 Å². The average molecular weight is 257 g/mol. The number of hydrogen-bond donors (Lipinski definition) is 0. The summed E-state index contributed by atoms with van der Waals surface area (Å²) in [6, 6.07) is 6.09. The van der Waals surface area contributed by atoms with Crippen LogP contribution in [0.2, 0.25) is 0 Å². The number of nitrogens with zero attached hydrogens (tertiary/aromatic N) is 2. The molecule has 1 aromatic rings. The van der Waals surface area contributed by atoms with Gasteiger partial charge < -0.3 is 4.90 Å². The van der Waals surface area contributed by atoms with E-state index in [1.807, 2.05) is 12.1 Å². The first-order valence-electron chi connectivity index (χ1n) is 5.61. The number of thioether (sulfide) groups is 1. The molecule has 2 heterocycles. The van der Waals surface area contributed by atoms with Crippen molar-refractivity contribution in [3.8, 4) is 0 Å². The highest BCUT2D eigenvalue weighted by atomic mass is 35.5. The molecule has 1 aliphatic rings. The number of hydrogen-bond acceptors (Lipinski definition) is 3. The molecule has 0 aromatic carbocycles. The van der Waals surface area contributed by atoms with Crippen LogP contribution < -0.4 is 4.90 Å². The van der Waals surface area contributed by atoms with Gasteiger partial charge in [0.05, 0.1) is 11.6 Å². The third-order valence-electron chi connectivity index (χ3n) is 2.67. The van der Waals surface area contributed by atoms with E-state index in [0.29, 0.717) is 16.4 Å². The van der Waals surface area contributed by atoms with Gasteiger partial charge >= 0.3 is 0 Å². The van der Waals surface area contributed by atoms with E-state index in [1.54, 1.807) is 0 Å². The van der Waals surface area contributed by atoms with E-state index >= 15 is 0 Å². The van der Waals surface area contributed by atoms with Crippen LogP contribution in [0.3, 0.4) is 0 Å². The van der Waals surface area contributed by atoms with Gasteiger partial charge in [-0.25, -0.2) is 4.98 Å². The minimum Gasteiger partial charge on any atom is -0.354 e. The lowest BCUT2D eigenvalue weighted by molar-refractivity contribution is 0.717. The zero-order chi connectivity index (χ0) is 11.5. The van der Waals surface area contributed by atoms with E-state index in [0.717, 1.165) is 24.6 Å². The molecule has 2 unspecified atom stereocenters. The lowest BCUT2D eigenvalue weighted by atomic mass is 10.3. The second-order valence-electron chi connectivity index (χ2n) is 4.28. The quantitative estimate of drug-likeness (QED) is 0.757. The van der Waals surface area contributed by atoms with Gasteiger partial charge in [-0.3, -0.25) is 0 Å². The topological polar surface area (TPSA) is 16.1 Å². The predicted octanol–water partition coefficient (Wildman–Crippen LogP) is 3.15. The van der Waals surface area contributed by atoms with Crippen molar-refractivity contribution in [3.63, 3.8) is 0 Å². The van der Waals surface area contributed by atoms with Crippen LogP contribution in [0.15, 0.2) is 18.2 Å². The van der Waals surface area contributed by atoms with Crippen LogP contribution in [0.5, 0.6) is 0 Å². The Kier molecular flexibility index (Phi) is 3.98. The highest BCUT2D eigenvalue weighted by molar-refractivity contribution is 8.00. The second-order valence-corrected chi connectivity index (χ2v) is 6.43. The SMILES string of the molecule is CC1CN(c2cccc(CCl)n2)CC(C)S1. The number of anilines is 1. The number of rotatable bonds is 2. The number of alkyl halides is 1. The van der Waals surface area contributed by atoms with Crippen LogP contribution in [0, 0.1) is 0 Å². The summed E-state index contributed by atoms with van der Waals surface area (Å²) in [6.07, 6.45) is 0. The maximum absolute atomic E-state index is 5.81. The molecule has 0 saturated carbocycles. The van der Waals surface area contributed by atoms with Crippen molar-refractivity contribution in [1.82, 2.24) is 4.98 Å². The highest BCUT2D eigenvalue weighted by Crippen LogP contribution is 2.27. The number of pyridine rings is 1. The zero-order valence-corrected chi connectivity index (χ0v) is 11.3. The minimum absolute atomic E-state index is 0.488. The highest BCUT2D eigenvalue weighted by Gasteiger charge is 2.23. The Balaban J connectivity index is 2.16. The maximum atomic E-state index is 5.81. The van der Waals surface area contributed by atoms with Gasteiger partial charge in [-0.2, -0.15) is 11.8 Å². The Labute approximate surface area is 106 Å². The molecule has 0 spiro atoms. The Bertz CT molecular complexity index is 349. The largest absolute Gasteiger partial charge is 0.354 e. The fourth-order valence-corrected chi connectivity index (χ4v) is 3.56. The molecule has 1 saturated heterocycles. The molecule has 16 heavy (non-hydrogen) atoms. The number of halogens is 1. The van der Waals surface area contributed by atoms with Gasteiger partial charge in [0, 0.05) is 23.6 Å². The lowest BCUT2D eigenvalue weighted by Crippen LogP contribution is -2.40. The Morgan fingerprint density at radius 3 is 2.69 bits per heavy atom. The standard InChI is InChI=1S/C12H17ClN2S/c1-9-7-15(8-10(2)16-9)12-5-3-4-11(6-13)14-12/h3-5,9-10H,6-8H2,1-2H3. The first kappa shape index (κ1) is 12.1. The molecular weight excluding hydrogens is 240 g/mol. The monoisotopic (exact) mass is 256 g/mol. The summed E-state index contributed by atoms with van der Waals surface area (Å²) < 4.78 is 0. The van der Waals surface area contributed by atoms with Crippen molar-refractivity contribution >= 4 is 29.2 Å². The van der Waals surface area contributed by atoms with Crippen molar-refractivity contribution in [1.29, 1.82) is 0 Å². The van der Waals surface area contributed by atoms with E-state index in [2.05, 4.69) is 41.6 Å². The van der Waals surface area contributed by atoms with Gasteiger partial charge in [0.1, 0.15) is 5.82 Å². The second kappa shape index (κ2) is 5.28. The molecule has 2 nitrogen and oxygen atoms in total. The van der Waals surface area contributed by atoms with Crippen LogP contribution in [0.25, 0.3) is 0 Å². The normalized spacial score (nSPS) is 25.8. The summed E-state index contributed by atoms with van der Waals surface area (Å²) >= 11 is 7.86. The van der Waals surface area contributed by atoms with Gasteiger partial charge in [0.25, 0.3) is 0 Å². The molecule has 1 aliphatic heterocycles. The summed E-state index contributed by atoms with van der Waals surface area (Å²) in [5.74, 6) is 1.55. The fourth-order valence-electron chi connectivity index (χ4n) is 2.08. The molecule has 2 rings (SSSR count). The molecule has 88 valence electrons. The molecule has 0 amide bonds. The summed E-state index contributed by atoms with van der Waals surface area (Å²) in [6.45, 7) is 6.71. The predicted molar refractivity (Wildman–Crippen MR) is 72.5 cm³/mol. The average Bonchev–Trinajstić information content (AvgIpc) is 2.28. The first-order chi connectivity index (χ1) is 7.69. The fraction of sp³-hybridized carbons (Fsp3) is 0.583. The summed E-state index contributed by atoms with van der Waals surface area (Å²) in [7, 11) is 0. The molecular formula is C12H17ClN2S.